The zero-order valence-corrected chi connectivity index (χ0v) is 18.9. The van der Waals surface area contributed by atoms with E-state index in [0.717, 1.165) is 0 Å². The van der Waals surface area contributed by atoms with Gasteiger partial charge in [0, 0.05) is 20.2 Å². The number of carbonyl (C=O) groups is 2. The quantitative estimate of drug-likeness (QED) is 0.491. The minimum absolute atomic E-state index is 0.125. The number of nitrogens with zero attached hydrogens (tertiary/aromatic N) is 1. The van der Waals surface area contributed by atoms with Crippen molar-refractivity contribution in [3.63, 3.8) is 0 Å². The minimum atomic E-state index is -3.67. The third kappa shape index (κ3) is 6.08. The number of nitrogens with one attached hydrogen (secondary N) is 1. The maximum absolute atomic E-state index is 12.7. The SMILES string of the molecule is COC(=O)c1cc(/C=C/C(=O)N(C)C)cc(C)c1NCS(=O)(=O)c1ccc(OC)cc1. The van der Waals surface area contributed by atoms with Crippen LogP contribution in [0.25, 0.3) is 6.08 Å². The molecule has 1 N–H and O–H groups in total. The number of anilines is 1. The summed E-state index contributed by atoms with van der Waals surface area (Å²) >= 11 is 0. The Labute approximate surface area is 182 Å². The molecular weight excluding hydrogens is 420 g/mol. The van der Waals surface area contributed by atoms with E-state index in [2.05, 4.69) is 5.32 Å². The molecule has 1 amide bonds. The maximum atomic E-state index is 12.7. The molecule has 166 valence electrons. The Morgan fingerprint density at radius 1 is 1.10 bits per heavy atom. The van der Waals surface area contributed by atoms with Crippen LogP contribution in [0.4, 0.5) is 5.69 Å². The molecule has 0 atom stereocenters. The first-order valence-corrected chi connectivity index (χ1v) is 11.0. The first-order chi connectivity index (χ1) is 14.6. The zero-order chi connectivity index (χ0) is 23.2. The Kier molecular flexibility index (Phi) is 7.82. The molecule has 0 aliphatic carbocycles. The minimum Gasteiger partial charge on any atom is -0.497 e. The smallest absolute Gasteiger partial charge is 0.339 e. The number of amides is 1. The molecule has 2 aromatic rings. The molecule has 0 aliphatic rings. The largest absolute Gasteiger partial charge is 0.497 e. The van der Waals surface area contributed by atoms with E-state index < -0.39 is 21.7 Å². The summed E-state index contributed by atoms with van der Waals surface area (Å²) in [6.07, 6.45) is 2.97. The van der Waals surface area contributed by atoms with Crippen molar-refractivity contribution in [2.24, 2.45) is 0 Å². The molecule has 0 radical (unpaired) electrons. The molecular formula is C22H26N2O6S. The van der Waals surface area contributed by atoms with Crippen LogP contribution in [-0.2, 0) is 19.4 Å². The number of aryl methyl sites for hydroxylation is 1. The van der Waals surface area contributed by atoms with Crippen LogP contribution in [0.5, 0.6) is 5.75 Å². The van der Waals surface area contributed by atoms with Gasteiger partial charge in [-0.05, 0) is 60.5 Å². The Balaban J connectivity index is 2.34. The van der Waals surface area contributed by atoms with E-state index in [0.29, 0.717) is 22.6 Å². The topological polar surface area (TPSA) is 102 Å². The first kappa shape index (κ1) is 23.9. The van der Waals surface area contributed by atoms with Gasteiger partial charge in [-0.3, -0.25) is 4.79 Å². The Bertz CT molecular complexity index is 1090. The van der Waals surface area contributed by atoms with Gasteiger partial charge in [-0.15, -0.1) is 0 Å². The second-order valence-electron chi connectivity index (χ2n) is 6.93. The molecule has 0 fully saturated rings. The van der Waals surface area contributed by atoms with Crippen molar-refractivity contribution in [1.29, 1.82) is 0 Å². The van der Waals surface area contributed by atoms with Crippen molar-refractivity contribution in [1.82, 2.24) is 4.90 Å². The number of sulfone groups is 1. The van der Waals surface area contributed by atoms with Gasteiger partial charge in [-0.2, -0.15) is 0 Å². The van der Waals surface area contributed by atoms with Crippen molar-refractivity contribution in [3.05, 3.63) is 59.2 Å². The number of ether oxygens (including phenoxy) is 2. The second kappa shape index (κ2) is 10.1. The second-order valence-corrected chi connectivity index (χ2v) is 8.92. The maximum Gasteiger partial charge on any atom is 0.339 e. The van der Waals surface area contributed by atoms with Gasteiger partial charge in [0.25, 0.3) is 0 Å². The van der Waals surface area contributed by atoms with E-state index in [1.165, 1.54) is 37.3 Å². The number of rotatable bonds is 8. The summed E-state index contributed by atoms with van der Waals surface area (Å²) < 4.78 is 35.3. The Morgan fingerprint density at radius 3 is 2.29 bits per heavy atom. The van der Waals surface area contributed by atoms with Crippen LogP contribution in [0, 0.1) is 6.92 Å². The number of methoxy groups -OCH3 is 2. The molecule has 9 heteroatoms. The van der Waals surface area contributed by atoms with E-state index in [1.807, 2.05) is 0 Å². The number of hydrogen-bond acceptors (Lipinski definition) is 7. The van der Waals surface area contributed by atoms with E-state index in [-0.39, 0.29) is 16.4 Å². The molecule has 2 aromatic carbocycles. The zero-order valence-electron chi connectivity index (χ0n) is 18.1. The van der Waals surface area contributed by atoms with Crippen molar-refractivity contribution in [2.45, 2.75) is 11.8 Å². The Hall–Kier alpha value is -3.33. The molecule has 31 heavy (non-hydrogen) atoms. The monoisotopic (exact) mass is 446 g/mol. The van der Waals surface area contributed by atoms with Crippen LogP contribution in [-0.4, -0.2) is 59.4 Å². The fourth-order valence-electron chi connectivity index (χ4n) is 2.77. The molecule has 0 unspecified atom stereocenters. The van der Waals surface area contributed by atoms with Gasteiger partial charge in [0.05, 0.1) is 30.4 Å². The highest BCUT2D eigenvalue weighted by Gasteiger charge is 2.19. The van der Waals surface area contributed by atoms with Crippen LogP contribution >= 0.6 is 0 Å². The molecule has 0 aliphatic heterocycles. The predicted octanol–water partition coefficient (Wildman–Crippen LogP) is 2.73. The third-order valence-corrected chi connectivity index (χ3v) is 5.99. The summed E-state index contributed by atoms with van der Waals surface area (Å²) in [5, 5.41) is 2.86. The molecule has 2 rings (SSSR count). The molecule has 0 aromatic heterocycles. The van der Waals surface area contributed by atoms with Gasteiger partial charge in [0.2, 0.25) is 5.91 Å². The number of likely N-dealkylation sites (N-methyl/N-ethyl adjacent to an activating group) is 1. The molecule has 0 saturated heterocycles. The first-order valence-electron chi connectivity index (χ1n) is 9.32. The molecule has 0 saturated carbocycles. The lowest BCUT2D eigenvalue weighted by atomic mass is 10.0. The lowest BCUT2D eigenvalue weighted by Crippen LogP contribution is -2.19. The average Bonchev–Trinajstić information content (AvgIpc) is 2.75. The molecule has 0 heterocycles. The van der Waals surface area contributed by atoms with Crippen molar-refractivity contribution in [2.75, 3.05) is 39.5 Å². The van der Waals surface area contributed by atoms with Gasteiger partial charge < -0.3 is 19.7 Å². The predicted molar refractivity (Wildman–Crippen MR) is 119 cm³/mol. The number of hydrogen-bond donors (Lipinski definition) is 1. The van der Waals surface area contributed by atoms with Gasteiger partial charge >= 0.3 is 5.97 Å². The summed E-state index contributed by atoms with van der Waals surface area (Å²) in [7, 11) is 2.33. The van der Waals surface area contributed by atoms with Crippen molar-refractivity contribution in [3.8, 4) is 5.75 Å². The van der Waals surface area contributed by atoms with Crippen LogP contribution in [0.15, 0.2) is 47.4 Å². The highest BCUT2D eigenvalue weighted by Crippen LogP contribution is 2.26. The van der Waals surface area contributed by atoms with E-state index in [4.69, 9.17) is 9.47 Å². The van der Waals surface area contributed by atoms with Crippen molar-refractivity contribution >= 4 is 33.5 Å². The fourth-order valence-corrected chi connectivity index (χ4v) is 3.82. The number of esters is 1. The van der Waals surface area contributed by atoms with Crippen LogP contribution in [0.1, 0.15) is 21.5 Å². The van der Waals surface area contributed by atoms with Gasteiger partial charge in [-0.1, -0.05) is 0 Å². The summed E-state index contributed by atoms with van der Waals surface area (Å²) in [5.74, 6) is -0.697. The molecule has 0 bridgehead atoms. The third-order valence-electron chi connectivity index (χ3n) is 4.48. The average molecular weight is 447 g/mol. The molecule has 8 nitrogen and oxygen atoms in total. The van der Waals surface area contributed by atoms with E-state index in [9.17, 15) is 18.0 Å². The van der Waals surface area contributed by atoms with Crippen molar-refractivity contribution < 1.29 is 27.5 Å². The fraction of sp³-hybridized carbons (Fsp3) is 0.273. The normalized spacial score (nSPS) is 11.3. The summed E-state index contributed by atoms with van der Waals surface area (Å²) in [6, 6.07) is 9.33. The summed E-state index contributed by atoms with van der Waals surface area (Å²) in [6.45, 7) is 1.74. The summed E-state index contributed by atoms with van der Waals surface area (Å²) in [5.41, 5.74) is 1.76. The number of benzene rings is 2. The number of carbonyl (C=O) groups excluding carboxylic acids is 2. The Morgan fingerprint density at radius 2 is 1.74 bits per heavy atom. The highest BCUT2D eigenvalue weighted by molar-refractivity contribution is 7.91. The standard InChI is InChI=1S/C22H26N2O6S/c1-15-12-16(6-11-20(25)24(2)3)13-19(22(26)30-5)21(15)23-14-31(27,28)18-9-7-17(29-4)8-10-18/h6-13,23H,14H2,1-5H3/b11-6+. The van der Waals surface area contributed by atoms with E-state index in [1.54, 1.807) is 51.4 Å². The van der Waals surface area contributed by atoms with Crippen LogP contribution in [0.3, 0.4) is 0 Å². The van der Waals surface area contributed by atoms with Gasteiger partial charge in [0.1, 0.15) is 11.6 Å². The van der Waals surface area contributed by atoms with Gasteiger partial charge in [0.15, 0.2) is 9.84 Å². The van der Waals surface area contributed by atoms with Gasteiger partial charge in [-0.25, -0.2) is 13.2 Å². The molecule has 0 spiro atoms. The van der Waals surface area contributed by atoms with Crippen LogP contribution in [0.2, 0.25) is 0 Å². The summed E-state index contributed by atoms with van der Waals surface area (Å²) in [4.78, 5) is 25.7. The van der Waals surface area contributed by atoms with E-state index >= 15 is 0 Å². The lowest BCUT2D eigenvalue weighted by molar-refractivity contribution is -0.123. The lowest BCUT2D eigenvalue weighted by Gasteiger charge is -2.15. The van der Waals surface area contributed by atoms with Crippen LogP contribution < -0.4 is 10.1 Å². The highest BCUT2D eigenvalue weighted by atomic mass is 32.2.